The van der Waals surface area contributed by atoms with Gasteiger partial charge in [-0.25, -0.2) is 9.37 Å². The van der Waals surface area contributed by atoms with Gasteiger partial charge < -0.3 is 5.32 Å². The highest BCUT2D eigenvalue weighted by atomic mass is 32.2. The van der Waals surface area contributed by atoms with E-state index in [4.69, 9.17) is 0 Å². The fourth-order valence-corrected chi connectivity index (χ4v) is 3.30. The minimum Gasteiger partial charge on any atom is -0.355 e. The Bertz CT molecular complexity index is 819. The van der Waals surface area contributed by atoms with Crippen LogP contribution in [-0.4, -0.2) is 27.8 Å². The van der Waals surface area contributed by atoms with Crippen LogP contribution in [0.15, 0.2) is 34.2 Å². The van der Waals surface area contributed by atoms with E-state index >= 15 is 0 Å². The van der Waals surface area contributed by atoms with Crippen molar-refractivity contribution in [3.05, 3.63) is 57.3 Å². The minimum atomic E-state index is -0.305. The van der Waals surface area contributed by atoms with Gasteiger partial charge in [-0.2, -0.15) is 0 Å². The smallest absolute Gasteiger partial charge is 0.257 e. The van der Waals surface area contributed by atoms with E-state index in [0.717, 1.165) is 18.4 Å². The summed E-state index contributed by atoms with van der Waals surface area (Å²) in [5.41, 5.74) is 1.92. The summed E-state index contributed by atoms with van der Waals surface area (Å²) in [5.74, 6) is -0.146. The second-order valence-corrected chi connectivity index (χ2v) is 7.06. The number of amides is 1. The molecule has 5 nitrogen and oxygen atoms in total. The number of hydrogen-bond donors (Lipinski definition) is 1. The van der Waals surface area contributed by atoms with Crippen LogP contribution in [0.2, 0.25) is 0 Å². The molecule has 0 bridgehead atoms. The molecule has 1 amide bonds. The number of hydrogen-bond acceptors (Lipinski definition) is 4. The van der Waals surface area contributed by atoms with Crippen molar-refractivity contribution in [2.75, 3.05) is 12.3 Å². The number of thioether (sulfide) groups is 1. The highest BCUT2D eigenvalue weighted by Gasteiger charge is 2.14. The number of benzene rings is 1. The van der Waals surface area contributed by atoms with Crippen LogP contribution in [-0.2, 0) is 18.3 Å². The molecule has 7 heteroatoms. The van der Waals surface area contributed by atoms with Crippen LogP contribution in [0, 0.1) is 12.7 Å². The van der Waals surface area contributed by atoms with Gasteiger partial charge in [-0.15, -0.1) is 0 Å². The summed E-state index contributed by atoms with van der Waals surface area (Å²) in [6.45, 7) is 4.51. The fraction of sp³-hybridized carbons (Fsp3) is 0.421. The van der Waals surface area contributed by atoms with E-state index in [1.807, 2.05) is 0 Å². The highest BCUT2D eigenvalue weighted by molar-refractivity contribution is 7.99. The second-order valence-electron chi connectivity index (χ2n) is 6.12. The molecule has 0 radical (unpaired) electrons. The maximum absolute atomic E-state index is 13.0. The number of unbranched alkanes of at least 4 members (excludes halogenated alkanes) is 1. The molecule has 0 unspecified atom stereocenters. The van der Waals surface area contributed by atoms with E-state index in [2.05, 4.69) is 17.2 Å². The number of nitrogens with zero attached hydrogens (tertiary/aromatic N) is 2. The number of carbonyl (C=O) groups excluding carboxylic acids is 1. The summed E-state index contributed by atoms with van der Waals surface area (Å²) in [6.07, 6.45) is 2.37. The lowest BCUT2D eigenvalue weighted by molar-refractivity contribution is -0.118. The van der Waals surface area contributed by atoms with Gasteiger partial charge in [0.15, 0.2) is 5.16 Å². The van der Waals surface area contributed by atoms with Crippen molar-refractivity contribution >= 4 is 17.7 Å². The first-order valence-electron chi connectivity index (χ1n) is 8.62. The van der Waals surface area contributed by atoms with Crippen molar-refractivity contribution in [3.8, 4) is 0 Å². The van der Waals surface area contributed by atoms with E-state index in [9.17, 15) is 14.0 Å². The number of nitrogens with one attached hydrogen (secondary N) is 1. The molecule has 0 saturated heterocycles. The number of rotatable bonds is 8. The second kappa shape index (κ2) is 9.52. The molecule has 0 aliphatic heterocycles. The van der Waals surface area contributed by atoms with Gasteiger partial charge in [-0.05, 0) is 31.0 Å². The Hall–Kier alpha value is -2.15. The summed E-state index contributed by atoms with van der Waals surface area (Å²) in [6, 6.07) is 6.09. The molecule has 1 heterocycles. The Kier molecular flexibility index (Phi) is 7.38. The van der Waals surface area contributed by atoms with Gasteiger partial charge in [0.25, 0.3) is 5.56 Å². The van der Waals surface area contributed by atoms with E-state index < -0.39 is 0 Å². The Morgan fingerprint density at radius 1 is 1.31 bits per heavy atom. The van der Waals surface area contributed by atoms with Crippen LogP contribution in [0.3, 0.4) is 0 Å². The number of aryl methyl sites for hydroxylation is 1. The lowest BCUT2D eigenvalue weighted by atomic mass is 10.1. The Morgan fingerprint density at radius 2 is 2.00 bits per heavy atom. The van der Waals surface area contributed by atoms with Gasteiger partial charge >= 0.3 is 0 Å². The molecule has 0 saturated carbocycles. The van der Waals surface area contributed by atoms with Gasteiger partial charge in [0.2, 0.25) is 5.91 Å². The number of aromatic nitrogens is 2. The molecule has 0 fully saturated rings. The van der Waals surface area contributed by atoms with Gasteiger partial charge in [-0.3, -0.25) is 14.2 Å². The molecule has 0 aliphatic rings. The molecule has 1 aromatic carbocycles. The van der Waals surface area contributed by atoms with Gasteiger partial charge in [0, 0.05) is 31.3 Å². The van der Waals surface area contributed by atoms with Gasteiger partial charge in [0.05, 0.1) is 5.75 Å². The predicted molar refractivity (Wildman–Crippen MR) is 102 cm³/mol. The van der Waals surface area contributed by atoms with Crippen LogP contribution in [0.25, 0.3) is 0 Å². The normalized spacial score (nSPS) is 10.8. The number of halogens is 1. The minimum absolute atomic E-state index is 0.0641. The zero-order valence-corrected chi connectivity index (χ0v) is 16.2. The van der Waals surface area contributed by atoms with Crippen LogP contribution in [0.5, 0.6) is 0 Å². The molecular weight excluding hydrogens is 353 g/mol. The van der Waals surface area contributed by atoms with Crippen molar-refractivity contribution in [1.82, 2.24) is 14.9 Å². The molecule has 0 atom stereocenters. The van der Waals surface area contributed by atoms with Crippen LogP contribution >= 0.6 is 11.8 Å². The van der Waals surface area contributed by atoms with Crippen molar-refractivity contribution in [2.45, 2.75) is 38.3 Å². The Labute approximate surface area is 157 Å². The standard InChI is InChI=1S/C19H24FN3O2S/c1-4-5-10-21-17(24)12-26-19-22-13(2)16(18(25)23(19)3)11-14-6-8-15(20)9-7-14/h6-9H,4-5,10-12H2,1-3H3,(H,21,24). The molecule has 2 aromatic rings. The van der Waals surface area contributed by atoms with Crippen molar-refractivity contribution in [2.24, 2.45) is 7.05 Å². The largest absolute Gasteiger partial charge is 0.355 e. The van der Waals surface area contributed by atoms with Crippen molar-refractivity contribution < 1.29 is 9.18 Å². The quantitative estimate of drug-likeness (QED) is 0.436. The molecule has 2 rings (SSSR count). The molecule has 1 aromatic heterocycles. The first kappa shape index (κ1) is 20.2. The van der Waals surface area contributed by atoms with Gasteiger partial charge in [0.1, 0.15) is 5.82 Å². The zero-order valence-electron chi connectivity index (χ0n) is 15.3. The van der Waals surface area contributed by atoms with E-state index in [-0.39, 0.29) is 23.0 Å². The molecule has 26 heavy (non-hydrogen) atoms. The fourth-order valence-electron chi connectivity index (χ4n) is 2.45. The summed E-state index contributed by atoms with van der Waals surface area (Å²) in [4.78, 5) is 29.0. The van der Waals surface area contributed by atoms with E-state index in [1.165, 1.54) is 28.5 Å². The average Bonchev–Trinajstić information content (AvgIpc) is 2.62. The average molecular weight is 377 g/mol. The van der Waals surface area contributed by atoms with Crippen LogP contribution in [0.4, 0.5) is 4.39 Å². The highest BCUT2D eigenvalue weighted by Crippen LogP contribution is 2.16. The predicted octanol–water partition coefficient (Wildman–Crippen LogP) is 2.83. The lowest BCUT2D eigenvalue weighted by Crippen LogP contribution is -2.28. The molecule has 0 spiro atoms. The maximum atomic E-state index is 13.0. The maximum Gasteiger partial charge on any atom is 0.257 e. The van der Waals surface area contributed by atoms with Crippen molar-refractivity contribution in [3.63, 3.8) is 0 Å². The third-order valence-corrected chi connectivity index (χ3v) is 5.06. The molecule has 0 aliphatic carbocycles. The van der Waals surface area contributed by atoms with Crippen LogP contribution in [0.1, 0.15) is 36.6 Å². The topological polar surface area (TPSA) is 64.0 Å². The zero-order chi connectivity index (χ0) is 19.1. The lowest BCUT2D eigenvalue weighted by Gasteiger charge is -2.12. The van der Waals surface area contributed by atoms with Gasteiger partial charge in [-0.1, -0.05) is 37.2 Å². The monoisotopic (exact) mass is 377 g/mol. The molecular formula is C19H24FN3O2S. The molecule has 1 N–H and O–H groups in total. The Morgan fingerprint density at radius 3 is 2.65 bits per heavy atom. The summed E-state index contributed by atoms with van der Waals surface area (Å²) < 4.78 is 14.5. The third-order valence-electron chi connectivity index (χ3n) is 4.03. The first-order valence-corrected chi connectivity index (χ1v) is 9.61. The SMILES string of the molecule is CCCCNC(=O)CSc1nc(C)c(Cc2ccc(F)cc2)c(=O)n1C. The van der Waals surface area contributed by atoms with E-state index in [1.54, 1.807) is 26.1 Å². The molecule has 140 valence electrons. The Balaban J connectivity index is 2.10. The van der Waals surface area contributed by atoms with Crippen LogP contribution < -0.4 is 10.9 Å². The number of carbonyl (C=O) groups is 1. The summed E-state index contributed by atoms with van der Waals surface area (Å²) >= 11 is 1.25. The van der Waals surface area contributed by atoms with E-state index in [0.29, 0.717) is 29.4 Å². The van der Waals surface area contributed by atoms with Crippen molar-refractivity contribution in [1.29, 1.82) is 0 Å². The summed E-state index contributed by atoms with van der Waals surface area (Å²) in [7, 11) is 1.65. The third kappa shape index (κ3) is 5.42. The summed E-state index contributed by atoms with van der Waals surface area (Å²) in [5, 5.41) is 3.36. The first-order chi connectivity index (χ1) is 12.4.